The van der Waals surface area contributed by atoms with Crippen LogP contribution in [0.4, 0.5) is 0 Å². The van der Waals surface area contributed by atoms with Gasteiger partial charge >= 0.3 is 0 Å². The van der Waals surface area contributed by atoms with E-state index < -0.39 is 10.0 Å². The Kier molecular flexibility index (Phi) is 6.93. The third-order valence-electron chi connectivity index (χ3n) is 3.78. The van der Waals surface area contributed by atoms with Gasteiger partial charge in [0.15, 0.2) is 0 Å². The van der Waals surface area contributed by atoms with Crippen LogP contribution in [0.25, 0.3) is 0 Å². The van der Waals surface area contributed by atoms with Gasteiger partial charge in [0.05, 0.1) is 14.2 Å². The number of hydrogen-bond acceptors (Lipinski definition) is 5. The number of benzene rings is 1. The van der Waals surface area contributed by atoms with Crippen LogP contribution in [0, 0.1) is 0 Å². The molecule has 126 valence electrons. The van der Waals surface area contributed by atoms with Gasteiger partial charge in [-0.05, 0) is 32.0 Å². The number of sulfonamides is 1. The van der Waals surface area contributed by atoms with Crippen LogP contribution in [0.15, 0.2) is 23.1 Å². The summed E-state index contributed by atoms with van der Waals surface area (Å²) in [6, 6.07) is 5.00. The molecule has 0 saturated carbocycles. The highest BCUT2D eigenvalue weighted by molar-refractivity contribution is 7.89. The number of ether oxygens (including phenoxy) is 2. The zero-order valence-corrected chi connectivity index (χ0v) is 14.7. The third-order valence-corrected chi connectivity index (χ3v) is 5.67. The normalized spacial score (nSPS) is 19.3. The van der Waals surface area contributed by atoms with Crippen LogP contribution < -0.4 is 14.8 Å². The highest BCUT2D eigenvalue weighted by Gasteiger charge is 2.32. The molecule has 1 aliphatic rings. The summed E-state index contributed by atoms with van der Waals surface area (Å²) in [5, 5.41) is 3.15. The first-order chi connectivity index (χ1) is 10.0. The molecule has 1 fully saturated rings. The molecule has 0 spiro atoms. The van der Waals surface area contributed by atoms with Crippen LogP contribution in [0.1, 0.15) is 12.8 Å². The molecule has 2 rings (SSSR count). The Hall–Kier alpha value is -1.02. The van der Waals surface area contributed by atoms with Crippen molar-refractivity contribution in [3.63, 3.8) is 0 Å². The SMILES string of the molecule is CNC1CCCN(S(=O)(=O)c2cc(OC)ccc2OC)C1.Cl. The zero-order chi connectivity index (χ0) is 15.5. The molecule has 1 heterocycles. The Morgan fingerprint density at radius 3 is 2.59 bits per heavy atom. The number of methoxy groups -OCH3 is 2. The summed E-state index contributed by atoms with van der Waals surface area (Å²) in [6.07, 6.45) is 1.83. The lowest BCUT2D eigenvalue weighted by atomic mass is 10.1. The summed E-state index contributed by atoms with van der Waals surface area (Å²) in [5.41, 5.74) is 0. The van der Waals surface area contributed by atoms with Crippen molar-refractivity contribution < 1.29 is 17.9 Å². The van der Waals surface area contributed by atoms with Gasteiger partial charge in [0.25, 0.3) is 0 Å². The molecular weight excluding hydrogens is 328 g/mol. The fraction of sp³-hybridized carbons (Fsp3) is 0.571. The number of hydrogen-bond donors (Lipinski definition) is 1. The van der Waals surface area contributed by atoms with E-state index in [1.54, 1.807) is 12.1 Å². The summed E-state index contributed by atoms with van der Waals surface area (Å²) >= 11 is 0. The van der Waals surface area contributed by atoms with Crippen LogP contribution >= 0.6 is 12.4 Å². The van der Waals surface area contributed by atoms with E-state index in [9.17, 15) is 8.42 Å². The maximum Gasteiger partial charge on any atom is 0.246 e. The molecule has 22 heavy (non-hydrogen) atoms. The standard InChI is InChI=1S/C14H22N2O4S.ClH/c1-15-11-5-4-8-16(10-11)21(17,18)14-9-12(19-2)6-7-13(14)20-3;/h6-7,9,11,15H,4-5,8,10H2,1-3H3;1H. The van der Waals surface area contributed by atoms with Gasteiger partial charge in [-0.15, -0.1) is 12.4 Å². The van der Waals surface area contributed by atoms with Gasteiger partial charge in [0.2, 0.25) is 10.0 Å². The maximum absolute atomic E-state index is 12.9. The molecule has 1 aromatic rings. The number of nitrogens with zero attached hydrogens (tertiary/aromatic N) is 1. The summed E-state index contributed by atoms with van der Waals surface area (Å²) in [7, 11) is 1.24. The average Bonchev–Trinajstić information content (AvgIpc) is 2.54. The predicted octanol–water partition coefficient (Wildman–Crippen LogP) is 1.50. The minimum atomic E-state index is -3.59. The fourth-order valence-corrected chi connectivity index (χ4v) is 4.22. The fourth-order valence-electron chi connectivity index (χ4n) is 2.52. The van der Waals surface area contributed by atoms with E-state index in [-0.39, 0.29) is 23.3 Å². The number of rotatable bonds is 5. The highest BCUT2D eigenvalue weighted by atomic mass is 35.5. The van der Waals surface area contributed by atoms with Gasteiger partial charge in [-0.1, -0.05) is 0 Å². The molecule has 1 unspecified atom stereocenters. The van der Waals surface area contributed by atoms with Crippen molar-refractivity contribution in [2.24, 2.45) is 0 Å². The van der Waals surface area contributed by atoms with Gasteiger partial charge in [-0.2, -0.15) is 4.31 Å². The maximum atomic E-state index is 12.9. The van der Waals surface area contributed by atoms with Crippen LogP contribution in [-0.2, 0) is 10.0 Å². The molecule has 1 N–H and O–H groups in total. The first kappa shape index (κ1) is 19.0. The molecule has 6 nitrogen and oxygen atoms in total. The van der Waals surface area contributed by atoms with Crippen LogP contribution in [0.5, 0.6) is 11.5 Å². The zero-order valence-electron chi connectivity index (χ0n) is 13.0. The molecule has 1 saturated heterocycles. The quantitative estimate of drug-likeness (QED) is 0.871. The monoisotopic (exact) mass is 350 g/mol. The molecular formula is C14H23ClN2O4S. The number of nitrogens with one attached hydrogen (secondary N) is 1. The van der Waals surface area contributed by atoms with Crippen molar-refractivity contribution in [3.05, 3.63) is 18.2 Å². The van der Waals surface area contributed by atoms with E-state index in [0.29, 0.717) is 24.6 Å². The van der Waals surface area contributed by atoms with Gasteiger partial charge in [0.1, 0.15) is 16.4 Å². The number of piperidine rings is 1. The molecule has 1 atom stereocenters. The van der Waals surface area contributed by atoms with Crippen molar-refractivity contribution in [1.82, 2.24) is 9.62 Å². The van der Waals surface area contributed by atoms with Crippen LogP contribution in [0.3, 0.4) is 0 Å². The van der Waals surface area contributed by atoms with Gasteiger partial charge in [-0.3, -0.25) is 0 Å². The van der Waals surface area contributed by atoms with Gasteiger partial charge in [0, 0.05) is 25.2 Å². The summed E-state index contributed by atoms with van der Waals surface area (Å²) in [4.78, 5) is 0.154. The minimum Gasteiger partial charge on any atom is -0.497 e. The summed E-state index contributed by atoms with van der Waals surface area (Å²) in [6.45, 7) is 1.00. The van der Waals surface area contributed by atoms with E-state index in [1.165, 1.54) is 24.6 Å². The molecule has 0 amide bonds. The van der Waals surface area contributed by atoms with E-state index >= 15 is 0 Å². The molecule has 1 aromatic carbocycles. The average molecular weight is 351 g/mol. The Morgan fingerprint density at radius 2 is 2.00 bits per heavy atom. The highest BCUT2D eigenvalue weighted by Crippen LogP contribution is 2.31. The van der Waals surface area contributed by atoms with Gasteiger partial charge < -0.3 is 14.8 Å². The third kappa shape index (κ3) is 3.84. The largest absolute Gasteiger partial charge is 0.497 e. The van der Waals surface area contributed by atoms with Crippen molar-refractivity contribution in [3.8, 4) is 11.5 Å². The summed E-state index contributed by atoms with van der Waals surface area (Å²) < 4.78 is 37.6. The smallest absolute Gasteiger partial charge is 0.246 e. The second kappa shape index (κ2) is 8.01. The second-order valence-electron chi connectivity index (χ2n) is 5.01. The topological polar surface area (TPSA) is 67.9 Å². The van der Waals surface area contributed by atoms with E-state index in [2.05, 4.69) is 5.32 Å². The Labute approximate surface area is 138 Å². The molecule has 0 radical (unpaired) electrons. The lowest BCUT2D eigenvalue weighted by Gasteiger charge is -2.32. The molecule has 1 aliphatic heterocycles. The molecule has 0 aromatic heterocycles. The number of halogens is 1. The first-order valence-electron chi connectivity index (χ1n) is 6.92. The molecule has 8 heteroatoms. The minimum absolute atomic E-state index is 0. The Bertz CT molecular complexity index is 595. The molecule has 0 bridgehead atoms. The van der Waals surface area contributed by atoms with Crippen LogP contribution in [0.2, 0.25) is 0 Å². The van der Waals surface area contributed by atoms with Crippen molar-refractivity contribution >= 4 is 22.4 Å². The van der Waals surface area contributed by atoms with Crippen molar-refractivity contribution in [1.29, 1.82) is 0 Å². The van der Waals surface area contributed by atoms with Crippen molar-refractivity contribution in [2.75, 3.05) is 34.4 Å². The Balaban J connectivity index is 0.00000242. The predicted molar refractivity (Wildman–Crippen MR) is 87.6 cm³/mol. The van der Waals surface area contributed by atoms with Gasteiger partial charge in [-0.25, -0.2) is 8.42 Å². The van der Waals surface area contributed by atoms with E-state index in [4.69, 9.17) is 9.47 Å². The van der Waals surface area contributed by atoms with E-state index in [0.717, 1.165) is 12.8 Å². The van der Waals surface area contributed by atoms with Crippen molar-refractivity contribution in [2.45, 2.75) is 23.8 Å². The first-order valence-corrected chi connectivity index (χ1v) is 8.36. The Morgan fingerprint density at radius 1 is 1.27 bits per heavy atom. The lowest BCUT2D eigenvalue weighted by molar-refractivity contribution is 0.291. The van der Waals surface area contributed by atoms with E-state index in [1.807, 2.05) is 7.05 Å². The number of likely N-dealkylation sites (N-methyl/N-ethyl adjacent to an activating group) is 1. The molecule has 0 aliphatic carbocycles. The summed E-state index contributed by atoms with van der Waals surface area (Å²) in [5.74, 6) is 0.832. The lowest BCUT2D eigenvalue weighted by Crippen LogP contribution is -2.46. The van der Waals surface area contributed by atoms with Crippen LogP contribution in [-0.4, -0.2) is 53.1 Å². The second-order valence-corrected chi connectivity index (χ2v) is 6.91.